The highest BCUT2D eigenvalue weighted by molar-refractivity contribution is 6.08. The van der Waals surface area contributed by atoms with Gasteiger partial charge in [0.15, 0.2) is 0 Å². The van der Waals surface area contributed by atoms with Gasteiger partial charge in [-0.1, -0.05) is 48.5 Å². The Morgan fingerprint density at radius 1 is 0.943 bits per heavy atom. The summed E-state index contributed by atoms with van der Waals surface area (Å²) in [5.74, 6) is 0.851. The molecule has 1 aliphatic heterocycles. The van der Waals surface area contributed by atoms with Crippen LogP contribution in [-0.2, 0) is 0 Å². The van der Waals surface area contributed by atoms with Crippen molar-refractivity contribution in [3.8, 4) is 16.9 Å². The lowest BCUT2D eigenvalue weighted by Gasteiger charge is -2.32. The van der Waals surface area contributed by atoms with Crippen molar-refractivity contribution in [1.82, 2.24) is 10.2 Å². The SMILES string of the molecule is COc1ccc2c(-c3ccccc3)c(C(=O)N3CCC(NC(=O)Nc4ccccc4)CC3)oc2c1. The first kappa shape index (κ1) is 22.5. The molecule has 2 N–H and O–H groups in total. The molecule has 0 bridgehead atoms. The number of furan rings is 1. The minimum Gasteiger partial charge on any atom is -0.497 e. The Balaban J connectivity index is 1.31. The van der Waals surface area contributed by atoms with Crippen LogP contribution in [0.3, 0.4) is 0 Å². The molecule has 7 heteroatoms. The lowest BCUT2D eigenvalue weighted by molar-refractivity contribution is 0.0680. The number of rotatable bonds is 5. The lowest BCUT2D eigenvalue weighted by Crippen LogP contribution is -2.47. The molecule has 0 saturated carbocycles. The predicted molar refractivity (Wildman–Crippen MR) is 136 cm³/mol. The van der Waals surface area contributed by atoms with Crippen LogP contribution in [0.2, 0.25) is 0 Å². The Kier molecular flexibility index (Phi) is 6.39. The van der Waals surface area contributed by atoms with Gasteiger partial charge in [-0.25, -0.2) is 4.79 Å². The number of para-hydroxylation sites is 1. The summed E-state index contributed by atoms with van der Waals surface area (Å²) in [6.45, 7) is 1.06. The second kappa shape index (κ2) is 9.93. The van der Waals surface area contributed by atoms with E-state index in [1.54, 1.807) is 18.1 Å². The molecular weight excluding hydrogens is 442 g/mol. The van der Waals surface area contributed by atoms with Crippen molar-refractivity contribution in [2.24, 2.45) is 0 Å². The summed E-state index contributed by atoms with van der Waals surface area (Å²) in [7, 11) is 1.60. The quantitative estimate of drug-likeness (QED) is 0.402. The second-order valence-corrected chi connectivity index (χ2v) is 8.57. The molecule has 1 aromatic heterocycles. The van der Waals surface area contributed by atoms with E-state index in [0.717, 1.165) is 22.2 Å². The maximum Gasteiger partial charge on any atom is 0.319 e. The lowest BCUT2D eigenvalue weighted by atomic mass is 10.00. The normalized spacial score (nSPS) is 14.0. The number of anilines is 1. The smallest absolute Gasteiger partial charge is 0.319 e. The van der Waals surface area contributed by atoms with E-state index in [0.29, 0.717) is 43.0 Å². The largest absolute Gasteiger partial charge is 0.497 e. The van der Waals surface area contributed by atoms with E-state index in [2.05, 4.69) is 10.6 Å². The molecule has 0 radical (unpaired) electrons. The Bertz CT molecular complexity index is 1330. The summed E-state index contributed by atoms with van der Waals surface area (Å²) in [6.07, 6.45) is 1.34. The van der Waals surface area contributed by atoms with Crippen LogP contribution in [0.5, 0.6) is 5.75 Å². The van der Waals surface area contributed by atoms with E-state index in [1.165, 1.54) is 0 Å². The molecule has 1 fully saturated rings. The molecule has 1 aliphatic rings. The zero-order valence-electron chi connectivity index (χ0n) is 19.5. The van der Waals surface area contributed by atoms with Crippen LogP contribution in [0.4, 0.5) is 10.5 Å². The first-order chi connectivity index (χ1) is 17.1. The summed E-state index contributed by atoms with van der Waals surface area (Å²) in [4.78, 5) is 27.7. The number of nitrogens with one attached hydrogen (secondary N) is 2. The molecule has 0 aliphatic carbocycles. The molecule has 0 unspecified atom stereocenters. The van der Waals surface area contributed by atoms with E-state index < -0.39 is 0 Å². The van der Waals surface area contributed by atoms with Crippen LogP contribution in [0.1, 0.15) is 23.4 Å². The second-order valence-electron chi connectivity index (χ2n) is 8.57. The van der Waals surface area contributed by atoms with Crippen molar-refractivity contribution in [3.05, 3.63) is 84.6 Å². The zero-order chi connectivity index (χ0) is 24.2. The number of amides is 3. The topological polar surface area (TPSA) is 83.8 Å². The molecule has 0 atom stereocenters. The maximum absolute atomic E-state index is 13.6. The van der Waals surface area contributed by atoms with Gasteiger partial charge in [-0.2, -0.15) is 0 Å². The van der Waals surface area contributed by atoms with Crippen molar-refractivity contribution < 1.29 is 18.7 Å². The van der Waals surface area contributed by atoms with Gasteiger partial charge >= 0.3 is 6.03 Å². The summed E-state index contributed by atoms with van der Waals surface area (Å²) in [6, 6.07) is 24.5. The Morgan fingerprint density at radius 3 is 2.31 bits per heavy atom. The first-order valence-corrected chi connectivity index (χ1v) is 11.7. The fraction of sp³-hybridized carbons (Fsp3) is 0.214. The van der Waals surface area contributed by atoms with Crippen molar-refractivity contribution >= 4 is 28.6 Å². The molecule has 3 amide bonds. The molecule has 4 aromatic rings. The van der Waals surface area contributed by atoms with Crippen molar-refractivity contribution in [1.29, 1.82) is 0 Å². The molecule has 0 spiro atoms. The van der Waals surface area contributed by atoms with Gasteiger partial charge in [0.1, 0.15) is 11.3 Å². The number of hydrogen-bond acceptors (Lipinski definition) is 4. The number of benzene rings is 3. The Morgan fingerprint density at radius 2 is 1.63 bits per heavy atom. The van der Waals surface area contributed by atoms with Crippen LogP contribution in [-0.4, -0.2) is 43.1 Å². The molecule has 3 aromatic carbocycles. The Labute approximate surface area is 203 Å². The van der Waals surface area contributed by atoms with E-state index >= 15 is 0 Å². The fourth-order valence-electron chi connectivity index (χ4n) is 4.49. The molecule has 5 rings (SSSR count). The monoisotopic (exact) mass is 469 g/mol. The Hall–Kier alpha value is -4.26. The molecule has 178 valence electrons. The van der Waals surface area contributed by atoms with E-state index in [1.807, 2.05) is 72.8 Å². The van der Waals surface area contributed by atoms with Crippen LogP contribution < -0.4 is 15.4 Å². The number of piperidine rings is 1. The van der Waals surface area contributed by atoms with Gasteiger partial charge < -0.3 is 24.7 Å². The maximum atomic E-state index is 13.6. The third-order valence-corrected chi connectivity index (χ3v) is 6.30. The summed E-state index contributed by atoms with van der Waals surface area (Å²) in [5.41, 5.74) is 3.07. The average molecular weight is 470 g/mol. The number of ether oxygens (including phenoxy) is 1. The molecular formula is C28H27N3O4. The number of hydrogen-bond donors (Lipinski definition) is 2. The minimum atomic E-state index is -0.237. The molecule has 2 heterocycles. The minimum absolute atomic E-state index is 0.00343. The van der Waals surface area contributed by atoms with Crippen molar-refractivity contribution in [2.75, 3.05) is 25.5 Å². The zero-order valence-corrected chi connectivity index (χ0v) is 19.5. The van der Waals surface area contributed by atoms with Gasteiger partial charge in [0.2, 0.25) is 5.76 Å². The van der Waals surface area contributed by atoms with Gasteiger partial charge in [-0.3, -0.25) is 4.79 Å². The fourth-order valence-corrected chi connectivity index (χ4v) is 4.49. The van der Waals surface area contributed by atoms with Gasteiger partial charge in [-0.15, -0.1) is 0 Å². The van der Waals surface area contributed by atoms with E-state index in [9.17, 15) is 9.59 Å². The van der Waals surface area contributed by atoms with Crippen LogP contribution in [0.15, 0.2) is 83.3 Å². The van der Waals surface area contributed by atoms with Crippen LogP contribution in [0, 0.1) is 0 Å². The number of nitrogens with zero attached hydrogens (tertiary/aromatic N) is 1. The third kappa shape index (κ3) is 4.84. The predicted octanol–water partition coefficient (Wildman–Crippen LogP) is 5.53. The van der Waals surface area contributed by atoms with Gasteiger partial charge in [0.05, 0.1) is 7.11 Å². The summed E-state index contributed by atoms with van der Waals surface area (Å²) in [5, 5.41) is 6.73. The number of urea groups is 1. The summed E-state index contributed by atoms with van der Waals surface area (Å²) < 4.78 is 11.5. The average Bonchev–Trinajstić information content (AvgIpc) is 3.28. The number of carbonyl (C=O) groups excluding carboxylic acids is 2. The van der Waals surface area contributed by atoms with Crippen molar-refractivity contribution in [2.45, 2.75) is 18.9 Å². The van der Waals surface area contributed by atoms with Gasteiger partial charge in [0, 0.05) is 41.8 Å². The number of fused-ring (bicyclic) bond motifs is 1. The highest BCUT2D eigenvalue weighted by Gasteiger charge is 2.30. The van der Waals surface area contributed by atoms with Gasteiger partial charge in [-0.05, 0) is 42.7 Å². The number of methoxy groups -OCH3 is 1. The molecule has 35 heavy (non-hydrogen) atoms. The standard InChI is InChI=1S/C28H27N3O4/c1-34-22-12-13-23-24(18-22)35-26(25(23)19-8-4-2-5-9-19)27(32)31-16-14-21(15-17-31)30-28(33)29-20-10-6-3-7-11-20/h2-13,18,21H,14-17H2,1H3,(H2,29,30,33). The highest BCUT2D eigenvalue weighted by Crippen LogP contribution is 2.37. The van der Waals surface area contributed by atoms with Crippen molar-refractivity contribution in [3.63, 3.8) is 0 Å². The third-order valence-electron chi connectivity index (χ3n) is 6.30. The highest BCUT2D eigenvalue weighted by atomic mass is 16.5. The molecule has 1 saturated heterocycles. The van der Waals surface area contributed by atoms with E-state index in [4.69, 9.17) is 9.15 Å². The molecule has 7 nitrogen and oxygen atoms in total. The first-order valence-electron chi connectivity index (χ1n) is 11.7. The number of carbonyl (C=O) groups is 2. The van der Waals surface area contributed by atoms with E-state index in [-0.39, 0.29) is 18.0 Å². The van der Waals surface area contributed by atoms with Crippen LogP contribution >= 0.6 is 0 Å². The van der Waals surface area contributed by atoms with Crippen LogP contribution in [0.25, 0.3) is 22.1 Å². The number of likely N-dealkylation sites (tertiary alicyclic amines) is 1. The van der Waals surface area contributed by atoms with Gasteiger partial charge in [0.25, 0.3) is 5.91 Å². The summed E-state index contributed by atoms with van der Waals surface area (Å²) >= 11 is 0.